The van der Waals surface area contributed by atoms with Gasteiger partial charge in [0.15, 0.2) is 0 Å². The van der Waals surface area contributed by atoms with Gasteiger partial charge in [0.1, 0.15) is 5.75 Å². The maximum absolute atomic E-state index is 12.2. The molecule has 1 aliphatic rings. The van der Waals surface area contributed by atoms with E-state index in [9.17, 15) is 14.4 Å². The third-order valence-electron chi connectivity index (χ3n) is 3.36. The molecule has 0 aromatic heterocycles. The summed E-state index contributed by atoms with van der Waals surface area (Å²) in [6.07, 6.45) is 0. The number of hydrogen-bond acceptors (Lipinski definition) is 4. The number of carbonyl (C=O) groups is 3. The summed E-state index contributed by atoms with van der Waals surface area (Å²) in [6, 6.07) is 12.5. The van der Waals surface area contributed by atoms with Gasteiger partial charge in [-0.1, -0.05) is 24.3 Å². The standard InChI is InChI=1S/C16H13N3O4/c1-23-13-9-5-4-8-12(13)17-16(22)18-19-14(20)10-6-2-3-7-11(10)15(19)21/h2-9H,1H3,(H2,17,18,22). The monoisotopic (exact) mass is 311 g/mol. The van der Waals surface area contributed by atoms with Crippen LogP contribution < -0.4 is 15.5 Å². The second-order valence-electron chi connectivity index (χ2n) is 4.76. The highest BCUT2D eigenvalue weighted by Gasteiger charge is 2.36. The molecule has 2 aromatic carbocycles. The van der Waals surface area contributed by atoms with E-state index >= 15 is 0 Å². The molecule has 23 heavy (non-hydrogen) atoms. The number of hydrogen-bond donors (Lipinski definition) is 2. The average molecular weight is 311 g/mol. The topological polar surface area (TPSA) is 87.7 Å². The van der Waals surface area contributed by atoms with Gasteiger partial charge in [-0.3, -0.25) is 9.59 Å². The predicted octanol–water partition coefficient (Wildman–Crippen LogP) is 2.03. The van der Waals surface area contributed by atoms with E-state index in [0.29, 0.717) is 16.4 Å². The fourth-order valence-corrected chi connectivity index (χ4v) is 2.29. The average Bonchev–Trinajstić information content (AvgIpc) is 2.81. The van der Waals surface area contributed by atoms with Crippen LogP contribution in [0.4, 0.5) is 10.5 Å². The number of fused-ring (bicyclic) bond motifs is 1. The number of methoxy groups -OCH3 is 1. The Morgan fingerprint density at radius 1 is 0.957 bits per heavy atom. The van der Waals surface area contributed by atoms with E-state index in [2.05, 4.69) is 10.7 Å². The minimum Gasteiger partial charge on any atom is -0.495 e. The Morgan fingerprint density at radius 2 is 1.52 bits per heavy atom. The number of nitrogens with one attached hydrogen (secondary N) is 2. The minimum atomic E-state index is -0.719. The predicted molar refractivity (Wildman–Crippen MR) is 82.1 cm³/mol. The summed E-state index contributed by atoms with van der Waals surface area (Å²) in [6.45, 7) is 0. The highest BCUT2D eigenvalue weighted by molar-refractivity contribution is 6.21. The maximum Gasteiger partial charge on any atom is 0.338 e. The van der Waals surface area contributed by atoms with Gasteiger partial charge in [0.25, 0.3) is 11.8 Å². The fourth-order valence-electron chi connectivity index (χ4n) is 2.29. The fraction of sp³-hybridized carbons (Fsp3) is 0.0625. The van der Waals surface area contributed by atoms with Crippen molar-refractivity contribution in [1.82, 2.24) is 10.4 Å². The van der Waals surface area contributed by atoms with Crippen LogP contribution in [-0.2, 0) is 0 Å². The molecule has 0 saturated carbocycles. The van der Waals surface area contributed by atoms with E-state index < -0.39 is 17.8 Å². The summed E-state index contributed by atoms with van der Waals surface area (Å²) in [4.78, 5) is 36.4. The van der Waals surface area contributed by atoms with E-state index in [-0.39, 0.29) is 11.1 Å². The normalized spacial score (nSPS) is 12.8. The molecule has 0 unspecified atom stereocenters. The van der Waals surface area contributed by atoms with Crippen LogP contribution in [0.2, 0.25) is 0 Å². The molecule has 7 heteroatoms. The Morgan fingerprint density at radius 3 is 2.13 bits per heavy atom. The van der Waals surface area contributed by atoms with Gasteiger partial charge in [0, 0.05) is 0 Å². The van der Waals surface area contributed by atoms with E-state index in [1.165, 1.54) is 19.2 Å². The van der Waals surface area contributed by atoms with Gasteiger partial charge in [-0.25, -0.2) is 10.2 Å². The molecular formula is C16H13N3O4. The lowest BCUT2D eigenvalue weighted by Gasteiger charge is -2.16. The molecule has 4 amide bonds. The first-order valence-electron chi connectivity index (χ1n) is 6.80. The SMILES string of the molecule is COc1ccccc1NC(=O)NN1C(=O)c2ccccc2C1=O. The number of urea groups is 1. The number of carbonyl (C=O) groups excluding carboxylic acids is 3. The van der Waals surface area contributed by atoms with Crippen molar-refractivity contribution < 1.29 is 19.1 Å². The van der Waals surface area contributed by atoms with Crippen molar-refractivity contribution in [2.75, 3.05) is 12.4 Å². The number of ether oxygens (including phenoxy) is 1. The van der Waals surface area contributed by atoms with Gasteiger partial charge in [-0.15, -0.1) is 0 Å². The zero-order valence-electron chi connectivity index (χ0n) is 12.2. The lowest BCUT2D eigenvalue weighted by Crippen LogP contribution is -2.47. The van der Waals surface area contributed by atoms with Gasteiger partial charge in [-0.2, -0.15) is 5.01 Å². The van der Waals surface area contributed by atoms with Crippen LogP contribution in [0.5, 0.6) is 5.75 Å². The van der Waals surface area contributed by atoms with E-state index in [0.717, 1.165) is 0 Å². The number of hydrazine groups is 1. The molecule has 2 aromatic rings. The van der Waals surface area contributed by atoms with Crippen LogP contribution in [0.25, 0.3) is 0 Å². The molecule has 1 heterocycles. The molecule has 0 fully saturated rings. The van der Waals surface area contributed by atoms with Gasteiger partial charge in [0.05, 0.1) is 23.9 Å². The van der Waals surface area contributed by atoms with Crippen LogP contribution in [0.1, 0.15) is 20.7 Å². The summed E-state index contributed by atoms with van der Waals surface area (Å²) in [5, 5.41) is 3.22. The van der Waals surface area contributed by atoms with Crippen molar-refractivity contribution in [2.45, 2.75) is 0 Å². The number of imide groups is 1. The minimum absolute atomic E-state index is 0.259. The molecule has 0 spiro atoms. The zero-order valence-corrected chi connectivity index (χ0v) is 12.2. The smallest absolute Gasteiger partial charge is 0.338 e. The van der Waals surface area contributed by atoms with Crippen molar-refractivity contribution in [1.29, 1.82) is 0 Å². The highest BCUT2D eigenvalue weighted by atomic mass is 16.5. The third-order valence-corrected chi connectivity index (χ3v) is 3.36. The van der Waals surface area contributed by atoms with Crippen LogP contribution in [0.15, 0.2) is 48.5 Å². The number of nitrogens with zero attached hydrogens (tertiary/aromatic N) is 1. The van der Waals surface area contributed by atoms with Gasteiger partial charge < -0.3 is 10.1 Å². The Hall–Kier alpha value is -3.35. The summed E-state index contributed by atoms with van der Waals surface area (Å²) in [5.74, 6) is -0.674. The lowest BCUT2D eigenvalue weighted by molar-refractivity contribution is 0.0592. The number of amides is 4. The number of benzene rings is 2. The van der Waals surface area contributed by atoms with Crippen molar-refractivity contribution >= 4 is 23.5 Å². The summed E-state index contributed by atoms with van der Waals surface area (Å²) < 4.78 is 5.12. The molecule has 0 saturated heterocycles. The molecule has 116 valence electrons. The Balaban J connectivity index is 1.74. The molecule has 7 nitrogen and oxygen atoms in total. The molecule has 0 bridgehead atoms. The second kappa shape index (κ2) is 5.80. The van der Waals surface area contributed by atoms with E-state index in [1.54, 1.807) is 36.4 Å². The molecular weight excluding hydrogens is 298 g/mol. The molecule has 1 aliphatic heterocycles. The molecule has 0 radical (unpaired) electrons. The third kappa shape index (κ3) is 2.59. The first-order valence-corrected chi connectivity index (χ1v) is 6.80. The van der Waals surface area contributed by atoms with Gasteiger partial charge in [0.2, 0.25) is 0 Å². The van der Waals surface area contributed by atoms with E-state index in [1.807, 2.05) is 0 Å². The quantitative estimate of drug-likeness (QED) is 0.849. The number of rotatable bonds is 3. The largest absolute Gasteiger partial charge is 0.495 e. The summed E-state index contributed by atoms with van der Waals surface area (Å²) in [5.41, 5.74) is 3.19. The highest BCUT2D eigenvalue weighted by Crippen LogP contribution is 2.23. The van der Waals surface area contributed by atoms with Crippen LogP contribution in [0, 0.1) is 0 Å². The second-order valence-corrected chi connectivity index (χ2v) is 4.76. The van der Waals surface area contributed by atoms with Crippen molar-refractivity contribution in [2.24, 2.45) is 0 Å². The first-order chi connectivity index (χ1) is 11.1. The first kappa shape index (κ1) is 14.6. The lowest BCUT2D eigenvalue weighted by atomic mass is 10.1. The van der Waals surface area contributed by atoms with Gasteiger partial charge >= 0.3 is 6.03 Å². The van der Waals surface area contributed by atoms with Crippen molar-refractivity contribution in [3.63, 3.8) is 0 Å². The van der Waals surface area contributed by atoms with Crippen LogP contribution in [-0.4, -0.2) is 30.0 Å². The van der Waals surface area contributed by atoms with Crippen LogP contribution >= 0.6 is 0 Å². The van der Waals surface area contributed by atoms with E-state index in [4.69, 9.17) is 4.74 Å². The van der Waals surface area contributed by atoms with Crippen LogP contribution in [0.3, 0.4) is 0 Å². The molecule has 0 atom stereocenters. The summed E-state index contributed by atoms with van der Waals surface area (Å²) in [7, 11) is 1.47. The number of anilines is 1. The van der Waals surface area contributed by atoms with Crippen molar-refractivity contribution in [3.05, 3.63) is 59.7 Å². The maximum atomic E-state index is 12.2. The number of para-hydroxylation sites is 2. The van der Waals surface area contributed by atoms with Gasteiger partial charge in [-0.05, 0) is 24.3 Å². The zero-order chi connectivity index (χ0) is 16.4. The Bertz CT molecular complexity index is 768. The summed E-state index contributed by atoms with van der Waals surface area (Å²) >= 11 is 0. The molecule has 3 rings (SSSR count). The molecule has 0 aliphatic carbocycles. The van der Waals surface area contributed by atoms with Crippen molar-refractivity contribution in [3.8, 4) is 5.75 Å². The Kier molecular flexibility index (Phi) is 3.68. The Labute approximate surface area is 131 Å². The molecule has 2 N–H and O–H groups in total.